The summed E-state index contributed by atoms with van der Waals surface area (Å²) in [5.74, 6) is 0.472. The van der Waals surface area contributed by atoms with Crippen LogP contribution in [-0.2, 0) is 4.79 Å². The summed E-state index contributed by atoms with van der Waals surface area (Å²) in [6.07, 6.45) is 8.01. The molecule has 0 radical (unpaired) electrons. The fourth-order valence-corrected chi connectivity index (χ4v) is 4.68. The predicted molar refractivity (Wildman–Crippen MR) is 85.2 cm³/mol. The Hall–Kier alpha value is -0.610. The largest absolute Gasteiger partial charge is 0.341 e. The first-order valence-corrected chi connectivity index (χ1v) is 8.99. The van der Waals surface area contributed by atoms with Crippen LogP contribution in [0.25, 0.3) is 0 Å². The summed E-state index contributed by atoms with van der Waals surface area (Å²) in [7, 11) is 0. The van der Waals surface area contributed by atoms with Crippen molar-refractivity contribution in [3.8, 4) is 0 Å². The highest BCUT2D eigenvalue weighted by Gasteiger charge is 2.42. The van der Waals surface area contributed by atoms with E-state index in [0.29, 0.717) is 11.9 Å². The maximum Gasteiger partial charge on any atom is 0.228 e. The summed E-state index contributed by atoms with van der Waals surface area (Å²) in [6.45, 7) is 8.64. The van der Waals surface area contributed by atoms with Crippen LogP contribution in [0.15, 0.2) is 0 Å². The Morgan fingerprint density at radius 1 is 1.19 bits per heavy atom. The highest BCUT2D eigenvalue weighted by molar-refractivity contribution is 5.83. The van der Waals surface area contributed by atoms with Crippen molar-refractivity contribution in [2.75, 3.05) is 39.3 Å². The maximum atomic E-state index is 13.3. The Labute approximate surface area is 129 Å². The van der Waals surface area contributed by atoms with Gasteiger partial charge in [-0.2, -0.15) is 0 Å². The van der Waals surface area contributed by atoms with Crippen molar-refractivity contribution >= 4 is 5.91 Å². The lowest BCUT2D eigenvalue weighted by Crippen LogP contribution is -2.51. The minimum Gasteiger partial charge on any atom is -0.341 e. The molecule has 3 aliphatic heterocycles. The zero-order valence-electron chi connectivity index (χ0n) is 13.6. The molecule has 1 amide bonds. The van der Waals surface area contributed by atoms with Gasteiger partial charge in [0.15, 0.2) is 0 Å². The molecule has 0 aromatic carbocycles. The molecule has 3 fully saturated rings. The molecule has 4 nitrogen and oxygen atoms in total. The molecule has 0 aliphatic carbocycles. The predicted octanol–water partition coefficient (Wildman–Crippen LogP) is 1.85. The molecule has 1 N–H and O–H groups in total. The van der Waals surface area contributed by atoms with Crippen LogP contribution >= 0.6 is 0 Å². The zero-order chi connectivity index (χ0) is 14.7. The van der Waals surface area contributed by atoms with Gasteiger partial charge in [-0.25, -0.2) is 0 Å². The van der Waals surface area contributed by atoms with Crippen molar-refractivity contribution in [3.05, 3.63) is 0 Å². The molecule has 0 spiro atoms. The SMILES string of the molecule is CCCC1(C(=O)N2CCCN3CCCC3C2)CCNCC1. The number of hydrogen-bond acceptors (Lipinski definition) is 3. The third-order valence-electron chi connectivity index (χ3n) is 5.83. The van der Waals surface area contributed by atoms with E-state index in [1.165, 1.54) is 25.9 Å². The standard InChI is InChI=1S/C17H31N3O/c1-2-6-17(7-9-18-10-8-17)16(21)20-13-4-12-19-11-3-5-15(19)14-20/h15,18H,2-14H2,1H3. The molecular weight excluding hydrogens is 262 g/mol. The fourth-order valence-electron chi connectivity index (χ4n) is 4.68. The monoisotopic (exact) mass is 293 g/mol. The van der Waals surface area contributed by atoms with Crippen molar-refractivity contribution in [2.24, 2.45) is 5.41 Å². The maximum absolute atomic E-state index is 13.3. The van der Waals surface area contributed by atoms with Crippen molar-refractivity contribution in [1.29, 1.82) is 0 Å². The van der Waals surface area contributed by atoms with Gasteiger partial charge in [0, 0.05) is 25.7 Å². The van der Waals surface area contributed by atoms with Crippen LogP contribution in [0.3, 0.4) is 0 Å². The Morgan fingerprint density at radius 3 is 2.71 bits per heavy atom. The minimum atomic E-state index is -0.0617. The van der Waals surface area contributed by atoms with E-state index in [2.05, 4.69) is 22.0 Å². The average molecular weight is 293 g/mol. The van der Waals surface area contributed by atoms with E-state index in [-0.39, 0.29) is 5.41 Å². The first kappa shape index (κ1) is 15.3. The summed E-state index contributed by atoms with van der Waals surface area (Å²) in [6, 6.07) is 0.636. The van der Waals surface area contributed by atoms with Crippen LogP contribution in [0.2, 0.25) is 0 Å². The molecule has 0 aromatic heterocycles. The Balaban J connectivity index is 1.72. The quantitative estimate of drug-likeness (QED) is 0.862. The summed E-state index contributed by atoms with van der Waals surface area (Å²) in [5.41, 5.74) is -0.0617. The molecule has 0 aromatic rings. The molecule has 3 saturated heterocycles. The number of nitrogens with zero attached hydrogens (tertiary/aromatic N) is 2. The normalized spacial score (nSPS) is 30.0. The Morgan fingerprint density at radius 2 is 1.95 bits per heavy atom. The fraction of sp³-hybridized carbons (Fsp3) is 0.941. The second-order valence-corrected chi connectivity index (χ2v) is 7.22. The lowest BCUT2D eigenvalue weighted by atomic mass is 9.74. The van der Waals surface area contributed by atoms with E-state index in [4.69, 9.17) is 0 Å². The molecule has 0 bridgehead atoms. The van der Waals surface area contributed by atoms with Crippen LogP contribution in [0, 0.1) is 5.41 Å². The van der Waals surface area contributed by atoms with Gasteiger partial charge in [-0.15, -0.1) is 0 Å². The third kappa shape index (κ3) is 3.11. The van der Waals surface area contributed by atoms with Gasteiger partial charge in [0.1, 0.15) is 0 Å². The van der Waals surface area contributed by atoms with Gasteiger partial charge >= 0.3 is 0 Å². The van der Waals surface area contributed by atoms with Gasteiger partial charge in [0.2, 0.25) is 5.91 Å². The number of carbonyl (C=O) groups excluding carboxylic acids is 1. The van der Waals surface area contributed by atoms with Crippen molar-refractivity contribution < 1.29 is 4.79 Å². The van der Waals surface area contributed by atoms with Crippen LogP contribution in [0.4, 0.5) is 0 Å². The van der Waals surface area contributed by atoms with Crippen molar-refractivity contribution in [2.45, 2.75) is 57.9 Å². The highest BCUT2D eigenvalue weighted by Crippen LogP contribution is 2.37. The topological polar surface area (TPSA) is 35.6 Å². The third-order valence-corrected chi connectivity index (χ3v) is 5.83. The van der Waals surface area contributed by atoms with Crippen molar-refractivity contribution in [1.82, 2.24) is 15.1 Å². The lowest BCUT2D eigenvalue weighted by molar-refractivity contribution is -0.144. The van der Waals surface area contributed by atoms with Gasteiger partial charge in [0.25, 0.3) is 0 Å². The van der Waals surface area contributed by atoms with E-state index >= 15 is 0 Å². The smallest absolute Gasteiger partial charge is 0.228 e. The molecule has 3 rings (SSSR count). The number of nitrogens with one attached hydrogen (secondary N) is 1. The van der Waals surface area contributed by atoms with E-state index < -0.39 is 0 Å². The molecule has 4 heteroatoms. The number of amides is 1. The Kier molecular flexibility index (Phi) is 4.85. The van der Waals surface area contributed by atoms with Gasteiger partial charge in [-0.3, -0.25) is 9.69 Å². The number of carbonyl (C=O) groups is 1. The summed E-state index contributed by atoms with van der Waals surface area (Å²) in [5, 5.41) is 3.43. The molecule has 3 aliphatic rings. The van der Waals surface area contributed by atoms with E-state index in [0.717, 1.165) is 58.3 Å². The highest BCUT2D eigenvalue weighted by atomic mass is 16.2. The molecule has 3 heterocycles. The van der Waals surface area contributed by atoms with E-state index in [1.54, 1.807) is 0 Å². The minimum absolute atomic E-state index is 0.0617. The van der Waals surface area contributed by atoms with Gasteiger partial charge in [-0.1, -0.05) is 13.3 Å². The number of rotatable bonds is 3. The Bertz CT molecular complexity index is 360. The molecule has 120 valence electrons. The molecular formula is C17H31N3O. The number of piperidine rings is 1. The number of hydrogen-bond donors (Lipinski definition) is 1. The summed E-state index contributed by atoms with van der Waals surface area (Å²) < 4.78 is 0. The summed E-state index contributed by atoms with van der Waals surface area (Å²) in [4.78, 5) is 18.1. The van der Waals surface area contributed by atoms with Gasteiger partial charge < -0.3 is 10.2 Å². The average Bonchev–Trinajstić information content (AvgIpc) is 2.85. The molecule has 1 atom stereocenters. The van der Waals surface area contributed by atoms with Crippen LogP contribution in [0.1, 0.15) is 51.9 Å². The zero-order valence-corrected chi connectivity index (χ0v) is 13.6. The second-order valence-electron chi connectivity index (χ2n) is 7.22. The van der Waals surface area contributed by atoms with Crippen LogP contribution in [-0.4, -0.2) is 61.0 Å². The first-order chi connectivity index (χ1) is 10.2. The second kappa shape index (κ2) is 6.66. The van der Waals surface area contributed by atoms with Gasteiger partial charge in [0.05, 0.1) is 5.41 Å². The van der Waals surface area contributed by atoms with Gasteiger partial charge in [-0.05, 0) is 58.2 Å². The van der Waals surface area contributed by atoms with E-state index in [1.807, 2.05) is 0 Å². The van der Waals surface area contributed by atoms with Crippen LogP contribution < -0.4 is 5.32 Å². The van der Waals surface area contributed by atoms with E-state index in [9.17, 15) is 4.79 Å². The first-order valence-electron chi connectivity index (χ1n) is 8.99. The molecule has 1 unspecified atom stereocenters. The van der Waals surface area contributed by atoms with Crippen LogP contribution in [0.5, 0.6) is 0 Å². The number of fused-ring (bicyclic) bond motifs is 1. The summed E-state index contributed by atoms with van der Waals surface area (Å²) >= 11 is 0. The molecule has 21 heavy (non-hydrogen) atoms. The van der Waals surface area contributed by atoms with Crippen molar-refractivity contribution in [3.63, 3.8) is 0 Å². The lowest BCUT2D eigenvalue weighted by Gasteiger charge is -2.40. The molecule has 0 saturated carbocycles.